The molecule has 0 bridgehead atoms. The van der Waals surface area contributed by atoms with Crippen LogP contribution in [0.2, 0.25) is 0 Å². The van der Waals surface area contributed by atoms with Crippen LogP contribution in [0.1, 0.15) is 22.8 Å². The number of hydrogen-bond donors (Lipinski definition) is 2. The van der Waals surface area contributed by atoms with E-state index in [9.17, 15) is 4.79 Å². The summed E-state index contributed by atoms with van der Waals surface area (Å²) in [5, 5.41) is 8.77. The zero-order valence-corrected chi connectivity index (χ0v) is 10.7. The van der Waals surface area contributed by atoms with Crippen molar-refractivity contribution in [3.05, 3.63) is 35.4 Å². The minimum Gasteiger partial charge on any atom is -0.478 e. The van der Waals surface area contributed by atoms with Crippen molar-refractivity contribution in [1.29, 1.82) is 0 Å². The Morgan fingerprint density at radius 2 is 2.00 bits per heavy atom. The van der Waals surface area contributed by atoms with Crippen LogP contribution in [0.15, 0.2) is 24.3 Å². The van der Waals surface area contributed by atoms with Gasteiger partial charge in [0.05, 0.1) is 16.6 Å². The third-order valence-electron chi connectivity index (χ3n) is 2.71. The molecule has 5 heteroatoms. The predicted molar refractivity (Wildman–Crippen MR) is 71.1 cm³/mol. The monoisotopic (exact) mass is 252 g/mol. The fourth-order valence-corrected chi connectivity index (χ4v) is 1.57. The van der Waals surface area contributed by atoms with E-state index in [4.69, 9.17) is 23.1 Å². The highest BCUT2D eigenvalue weighted by Crippen LogP contribution is 2.09. The summed E-state index contributed by atoms with van der Waals surface area (Å²) in [5.74, 6) is -0.915. The molecule has 0 radical (unpaired) electrons. The number of carboxylic acid groups (broad SMARTS) is 1. The Balaban J connectivity index is 2.69. The Bertz CT molecular complexity index is 417. The van der Waals surface area contributed by atoms with Gasteiger partial charge in [-0.25, -0.2) is 4.79 Å². The maximum absolute atomic E-state index is 10.7. The molecule has 1 aromatic rings. The van der Waals surface area contributed by atoms with Crippen molar-refractivity contribution in [2.75, 3.05) is 7.05 Å². The molecule has 0 aliphatic rings. The standard InChI is InChI=1S/C12H16N2O2S/c1-8(11(13)17)14(2)7-9-3-5-10(6-4-9)12(15)16/h3-6,8H,7H2,1-2H3,(H2,13,17)(H,15,16). The van der Waals surface area contributed by atoms with Crippen molar-refractivity contribution in [2.45, 2.75) is 19.5 Å². The van der Waals surface area contributed by atoms with Crippen LogP contribution in [0, 0.1) is 0 Å². The molecule has 0 spiro atoms. The van der Waals surface area contributed by atoms with Crippen LogP contribution in [-0.4, -0.2) is 34.1 Å². The van der Waals surface area contributed by atoms with Gasteiger partial charge < -0.3 is 10.8 Å². The number of nitrogens with zero attached hydrogens (tertiary/aromatic N) is 1. The van der Waals surface area contributed by atoms with Crippen LogP contribution >= 0.6 is 12.2 Å². The lowest BCUT2D eigenvalue weighted by Crippen LogP contribution is -2.38. The molecule has 0 saturated heterocycles. The maximum Gasteiger partial charge on any atom is 0.335 e. The molecule has 0 heterocycles. The molecular formula is C12H16N2O2S. The number of nitrogens with two attached hydrogens (primary N) is 1. The first-order valence-electron chi connectivity index (χ1n) is 5.23. The van der Waals surface area contributed by atoms with Crippen LogP contribution in [-0.2, 0) is 6.54 Å². The van der Waals surface area contributed by atoms with Gasteiger partial charge in [-0.1, -0.05) is 24.4 Å². The molecule has 0 aliphatic carbocycles. The van der Waals surface area contributed by atoms with E-state index in [0.29, 0.717) is 17.1 Å². The molecule has 0 saturated carbocycles. The van der Waals surface area contributed by atoms with Gasteiger partial charge in [0.15, 0.2) is 0 Å². The zero-order chi connectivity index (χ0) is 13.0. The Morgan fingerprint density at radius 1 is 1.47 bits per heavy atom. The lowest BCUT2D eigenvalue weighted by molar-refractivity contribution is 0.0697. The molecule has 1 rings (SSSR count). The number of benzene rings is 1. The van der Waals surface area contributed by atoms with Gasteiger partial charge in [0.1, 0.15) is 0 Å². The molecule has 3 N–H and O–H groups in total. The summed E-state index contributed by atoms with van der Waals surface area (Å²) in [6.45, 7) is 2.62. The average Bonchev–Trinajstić information content (AvgIpc) is 2.28. The lowest BCUT2D eigenvalue weighted by Gasteiger charge is -2.23. The normalized spacial score (nSPS) is 12.4. The van der Waals surface area contributed by atoms with Crippen molar-refractivity contribution in [2.24, 2.45) is 5.73 Å². The van der Waals surface area contributed by atoms with E-state index in [-0.39, 0.29) is 6.04 Å². The van der Waals surface area contributed by atoms with E-state index in [1.807, 2.05) is 18.9 Å². The van der Waals surface area contributed by atoms with Crippen molar-refractivity contribution < 1.29 is 9.90 Å². The Kier molecular flexibility index (Phi) is 4.60. The quantitative estimate of drug-likeness (QED) is 0.777. The molecule has 17 heavy (non-hydrogen) atoms. The highest BCUT2D eigenvalue weighted by atomic mass is 32.1. The van der Waals surface area contributed by atoms with Gasteiger partial charge in [-0.2, -0.15) is 0 Å². The minimum atomic E-state index is -0.915. The first-order valence-corrected chi connectivity index (χ1v) is 5.64. The van der Waals surface area contributed by atoms with Gasteiger partial charge in [0.25, 0.3) is 0 Å². The maximum atomic E-state index is 10.7. The first-order chi connectivity index (χ1) is 7.91. The average molecular weight is 252 g/mol. The summed E-state index contributed by atoms with van der Waals surface area (Å²) >= 11 is 4.92. The molecule has 1 unspecified atom stereocenters. The minimum absolute atomic E-state index is 0.0177. The summed E-state index contributed by atoms with van der Waals surface area (Å²) in [6.07, 6.45) is 0. The molecular weight excluding hydrogens is 236 g/mol. The highest BCUT2D eigenvalue weighted by molar-refractivity contribution is 7.80. The topological polar surface area (TPSA) is 66.6 Å². The molecule has 4 nitrogen and oxygen atoms in total. The molecule has 0 fully saturated rings. The summed E-state index contributed by atoms with van der Waals surface area (Å²) in [7, 11) is 1.93. The third-order valence-corrected chi connectivity index (χ3v) is 3.05. The number of carboxylic acids is 1. The van der Waals surface area contributed by atoms with E-state index in [2.05, 4.69) is 0 Å². The summed E-state index contributed by atoms with van der Waals surface area (Å²) in [6, 6.07) is 6.80. The third kappa shape index (κ3) is 3.80. The van der Waals surface area contributed by atoms with Crippen molar-refractivity contribution in [3.8, 4) is 0 Å². The first kappa shape index (κ1) is 13.6. The SMILES string of the molecule is CC(C(N)=S)N(C)Cc1ccc(C(=O)O)cc1. The van der Waals surface area contributed by atoms with E-state index in [0.717, 1.165) is 5.56 Å². The van der Waals surface area contributed by atoms with Crippen LogP contribution in [0.25, 0.3) is 0 Å². The highest BCUT2D eigenvalue weighted by Gasteiger charge is 2.12. The van der Waals surface area contributed by atoms with Gasteiger partial charge >= 0.3 is 5.97 Å². The molecule has 0 aromatic heterocycles. The van der Waals surface area contributed by atoms with Crippen LogP contribution in [0.3, 0.4) is 0 Å². The number of rotatable bonds is 5. The van der Waals surface area contributed by atoms with Crippen LogP contribution in [0.4, 0.5) is 0 Å². The second-order valence-electron chi connectivity index (χ2n) is 4.00. The number of hydrogen-bond acceptors (Lipinski definition) is 3. The zero-order valence-electron chi connectivity index (χ0n) is 9.88. The van der Waals surface area contributed by atoms with Gasteiger partial charge in [-0.15, -0.1) is 0 Å². The van der Waals surface area contributed by atoms with Crippen molar-refractivity contribution in [1.82, 2.24) is 4.90 Å². The summed E-state index contributed by atoms with van der Waals surface area (Å²) in [5.41, 5.74) is 6.89. The molecule has 1 aromatic carbocycles. The number of likely N-dealkylation sites (N-methyl/N-ethyl adjacent to an activating group) is 1. The molecule has 0 amide bonds. The second kappa shape index (κ2) is 5.75. The number of thiocarbonyl (C=S) groups is 1. The van der Waals surface area contributed by atoms with Crippen LogP contribution < -0.4 is 5.73 Å². The van der Waals surface area contributed by atoms with E-state index in [1.165, 1.54) is 0 Å². The van der Waals surface area contributed by atoms with Gasteiger partial charge in [-0.3, -0.25) is 4.90 Å². The smallest absolute Gasteiger partial charge is 0.335 e. The molecule has 0 aliphatic heterocycles. The largest absolute Gasteiger partial charge is 0.478 e. The van der Waals surface area contributed by atoms with Gasteiger partial charge in [0.2, 0.25) is 0 Å². The van der Waals surface area contributed by atoms with Gasteiger partial charge in [0, 0.05) is 6.54 Å². The second-order valence-corrected chi connectivity index (χ2v) is 4.47. The Labute approximate surface area is 106 Å². The fraction of sp³-hybridized carbons (Fsp3) is 0.333. The van der Waals surface area contributed by atoms with E-state index in [1.54, 1.807) is 24.3 Å². The predicted octanol–water partition coefficient (Wildman–Crippen LogP) is 1.49. The fourth-order valence-electron chi connectivity index (χ4n) is 1.39. The summed E-state index contributed by atoms with van der Waals surface area (Å²) < 4.78 is 0. The van der Waals surface area contributed by atoms with Crippen molar-refractivity contribution in [3.63, 3.8) is 0 Å². The Hall–Kier alpha value is -1.46. The molecule has 92 valence electrons. The summed E-state index contributed by atoms with van der Waals surface area (Å²) in [4.78, 5) is 13.2. The van der Waals surface area contributed by atoms with Crippen molar-refractivity contribution >= 4 is 23.2 Å². The van der Waals surface area contributed by atoms with Crippen LogP contribution in [0.5, 0.6) is 0 Å². The van der Waals surface area contributed by atoms with E-state index >= 15 is 0 Å². The Morgan fingerprint density at radius 3 is 2.41 bits per heavy atom. The van der Waals surface area contributed by atoms with Gasteiger partial charge in [-0.05, 0) is 31.7 Å². The number of carbonyl (C=O) groups is 1. The lowest BCUT2D eigenvalue weighted by atomic mass is 10.1. The van der Waals surface area contributed by atoms with E-state index < -0.39 is 5.97 Å². The molecule has 1 atom stereocenters. The number of aromatic carboxylic acids is 1.